The molecule has 0 aliphatic carbocycles. The van der Waals surface area contributed by atoms with E-state index >= 15 is 0 Å². The predicted molar refractivity (Wildman–Crippen MR) is 163 cm³/mol. The van der Waals surface area contributed by atoms with E-state index in [4.69, 9.17) is 9.47 Å². The van der Waals surface area contributed by atoms with E-state index in [2.05, 4.69) is 31.9 Å². The number of fused-ring (bicyclic) bond motifs is 1. The first kappa shape index (κ1) is 31.8. The van der Waals surface area contributed by atoms with Gasteiger partial charge in [-0.2, -0.15) is 0 Å². The number of likely N-dealkylation sites (tertiary alicyclic amines) is 1. The number of ether oxygens (including phenoxy) is 2. The van der Waals surface area contributed by atoms with Crippen LogP contribution >= 0.6 is 0 Å². The Morgan fingerprint density at radius 1 is 1.10 bits per heavy atom. The summed E-state index contributed by atoms with van der Waals surface area (Å²) in [5, 5.41) is 9.94. The van der Waals surface area contributed by atoms with Gasteiger partial charge in [0.1, 0.15) is 17.6 Å². The Bertz CT molecular complexity index is 1150. The standard InChI is InChI=1S/C33H47N3O6/c1-6-11-12-13-23-41-31(40)27-26-29(38)36(21-22-37)28(33(26)19-18-32(27,8-3)42-33)30(39)35(20-7-2)25-16-14-24(15-17-25)34(9-4)10-5/h6-7,14-17,26-28,37H,1-2,8-13,18-23H2,3-5H3/t26-,27-,28?,32+,33?/m0/s1. The Hall–Kier alpha value is -3.17. The van der Waals surface area contributed by atoms with Gasteiger partial charge in [0.2, 0.25) is 5.91 Å². The summed E-state index contributed by atoms with van der Waals surface area (Å²) in [5.41, 5.74) is -0.302. The molecule has 1 N–H and O–H groups in total. The van der Waals surface area contributed by atoms with Crippen LogP contribution in [0.3, 0.4) is 0 Å². The van der Waals surface area contributed by atoms with Gasteiger partial charge in [0.15, 0.2) is 0 Å². The lowest BCUT2D eigenvalue weighted by Gasteiger charge is -2.36. The van der Waals surface area contributed by atoms with Crippen LogP contribution in [0.25, 0.3) is 0 Å². The molecule has 3 heterocycles. The highest BCUT2D eigenvalue weighted by Gasteiger charge is 2.79. The van der Waals surface area contributed by atoms with Crippen molar-refractivity contribution in [2.45, 2.75) is 76.5 Å². The van der Waals surface area contributed by atoms with Crippen molar-refractivity contribution in [2.24, 2.45) is 11.8 Å². The van der Waals surface area contributed by atoms with Crippen molar-refractivity contribution in [2.75, 3.05) is 49.2 Å². The molecule has 0 saturated carbocycles. The van der Waals surface area contributed by atoms with Crippen molar-refractivity contribution in [3.05, 3.63) is 49.6 Å². The Morgan fingerprint density at radius 2 is 1.79 bits per heavy atom. The molecule has 3 aliphatic heterocycles. The summed E-state index contributed by atoms with van der Waals surface area (Å²) in [4.78, 5) is 47.5. The van der Waals surface area contributed by atoms with Crippen LogP contribution in [0.2, 0.25) is 0 Å². The second-order valence-corrected chi connectivity index (χ2v) is 11.5. The van der Waals surface area contributed by atoms with Gasteiger partial charge in [-0.3, -0.25) is 14.4 Å². The fourth-order valence-corrected chi connectivity index (χ4v) is 7.39. The number of rotatable bonds is 16. The zero-order valence-electron chi connectivity index (χ0n) is 25.4. The van der Waals surface area contributed by atoms with Gasteiger partial charge in [0.25, 0.3) is 5.91 Å². The highest BCUT2D eigenvalue weighted by Crippen LogP contribution is 2.64. The number of aliphatic hydroxyl groups is 1. The molecular weight excluding hydrogens is 534 g/mol. The lowest BCUT2D eigenvalue weighted by Crippen LogP contribution is -2.56. The molecule has 1 aromatic carbocycles. The van der Waals surface area contributed by atoms with Crippen LogP contribution in [0.5, 0.6) is 0 Å². The van der Waals surface area contributed by atoms with Crippen molar-refractivity contribution in [1.29, 1.82) is 0 Å². The van der Waals surface area contributed by atoms with E-state index in [1.807, 2.05) is 37.3 Å². The third-order valence-electron chi connectivity index (χ3n) is 9.42. The number of amides is 2. The minimum absolute atomic E-state index is 0.0257. The maximum atomic E-state index is 14.6. The van der Waals surface area contributed by atoms with Gasteiger partial charge < -0.3 is 29.3 Å². The molecular formula is C33H47N3O6. The molecule has 2 amide bonds. The molecule has 230 valence electrons. The number of carbonyl (C=O) groups is 3. The second kappa shape index (κ2) is 13.4. The van der Waals surface area contributed by atoms with Crippen molar-refractivity contribution in [3.8, 4) is 0 Å². The predicted octanol–water partition coefficient (Wildman–Crippen LogP) is 4.10. The molecule has 2 unspecified atom stereocenters. The highest BCUT2D eigenvalue weighted by atomic mass is 16.6. The molecule has 9 nitrogen and oxygen atoms in total. The molecule has 3 fully saturated rings. The number of allylic oxidation sites excluding steroid dienone is 1. The summed E-state index contributed by atoms with van der Waals surface area (Å²) < 4.78 is 12.5. The zero-order chi connectivity index (χ0) is 30.5. The normalized spacial score (nSPS) is 27.6. The van der Waals surface area contributed by atoms with Gasteiger partial charge in [-0.1, -0.05) is 19.1 Å². The average Bonchev–Trinajstić information content (AvgIpc) is 3.60. The average molecular weight is 582 g/mol. The maximum Gasteiger partial charge on any atom is 0.312 e. The summed E-state index contributed by atoms with van der Waals surface area (Å²) in [6, 6.07) is 6.81. The Morgan fingerprint density at radius 3 is 2.38 bits per heavy atom. The molecule has 3 aliphatic rings. The molecule has 42 heavy (non-hydrogen) atoms. The van der Waals surface area contributed by atoms with Crippen LogP contribution in [-0.2, 0) is 23.9 Å². The van der Waals surface area contributed by atoms with Crippen molar-refractivity contribution < 1.29 is 29.0 Å². The van der Waals surface area contributed by atoms with E-state index in [-0.39, 0.29) is 38.1 Å². The first-order valence-electron chi connectivity index (χ1n) is 15.4. The first-order chi connectivity index (χ1) is 20.3. The quantitative estimate of drug-likeness (QED) is 0.178. The van der Waals surface area contributed by atoms with Crippen molar-refractivity contribution in [1.82, 2.24) is 4.90 Å². The third-order valence-corrected chi connectivity index (χ3v) is 9.42. The third kappa shape index (κ3) is 5.37. The number of hydrogen-bond acceptors (Lipinski definition) is 7. The Balaban J connectivity index is 1.68. The minimum atomic E-state index is -1.17. The monoisotopic (exact) mass is 581 g/mol. The van der Waals surface area contributed by atoms with E-state index in [0.29, 0.717) is 31.4 Å². The molecule has 0 aromatic heterocycles. The summed E-state index contributed by atoms with van der Waals surface area (Å²) in [6.45, 7) is 15.6. The van der Waals surface area contributed by atoms with Crippen LogP contribution in [0, 0.1) is 11.8 Å². The number of hydrogen-bond donors (Lipinski definition) is 1. The molecule has 0 radical (unpaired) electrons. The lowest BCUT2D eigenvalue weighted by atomic mass is 9.65. The highest BCUT2D eigenvalue weighted by molar-refractivity contribution is 6.05. The summed E-state index contributed by atoms with van der Waals surface area (Å²) in [7, 11) is 0. The molecule has 4 rings (SSSR count). The minimum Gasteiger partial charge on any atom is -0.465 e. The SMILES string of the molecule is C=CCCCCOC(=O)[C@@H]1[C@H]2C(=O)N(CCO)C(C(=O)N(CC=C)c3ccc(N(CC)CC)cc3)C23CC[C@@]1(CC)O3. The molecule has 2 bridgehead atoms. The van der Waals surface area contributed by atoms with Gasteiger partial charge in [-0.05, 0) is 76.6 Å². The second-order valence-electron chi connectivity index (χ2n) is 11.5. The number of benzene rings is 1. The van der Waals surface area contributed by atoms with Gasteiger partial charge >= 0.3 is 5.97 Å². The van der Waals surface area contributed by atoms with Crippen LogP contribution in [-0.4, -0.2) is 84.4 Å². The fraction of sp³-hybridized carbons (Fsp3) is 0.606. The maximum absolute atomic E-state index is 14.6. The van der Waals surface area contributed by atoms with Crippen molar-refractivity contribution >= 4 is 29.2 Å². The first-order valence-corrected chi connectivity index (χ1v) is 15.4. The molecule has 3 saturated heterocycles. The number of nitrogens with zero attached hydrogens (tertiary/aromatic N) is 3. The van der Waals surface area contributed by atoms with Crippen LogP contribution in [0.15, 0.2) is 49.6 Å². The number of aliphatic hydroxyl groups excluding tert-OH is 1. The number of β-amino-alcohol motifs (C(OH)–C–C–N with tert-alkyl or cyclic N) is 1. The molecule has 9 heteroatoms. The van der Waals surface area contributed by atoms with Crippen LogP contribution in [0.4, 0.5) is 11.4 Å². The van der Waals surface area contributed by atoms with Crippen LogP contribution in [0.1, 0.15) is 59.3 Å². The van der Waals surface area contributed by atoms with E-state index in [9.17, 15) is 19.5 Å². The topological polar surface area (TPSA) is 99.6 Å². The number of unbranched alkanes of at least 4 members (excludes halogenated alkanes) is 2. The lowest BCUT2D eigenvalue weighted by molar-refractivity contribution is -0.161. The Labute approximate surface area is 250 Å². The van der Waals surface area contributed by atoms with E-state index < -0.39 is 35.0 Å². The van der Waals surface area contributed by atoms with E-state index in [0.717, 1.165) is 31.6 Å². The Kier molecular flexibility index (Phi) is 10.1. The zero-order valence-corrected chi connectivity index (χ0v) is 25.4. The number of carbonyl (C=O) groups excluding carboxylic acids is 3. The van der Waals surface area contributed by atoms with Gasteiger partial charge in [-0.25, -0.2) is 0 Å². The fourth-order valence-electron chi connectivity index (χ4n) is 7.39. The van der Waals surface area contributed by atoms with Gasteiger partial charge in [-0.15, -0.1) is 13.2 Å². The summed E-state index contributed by atoms with van der Waals surface area (Å²) in [5.74, 6) is -2.73. The number of esters is 1. The van der Waals surface area contributed by atoms with Gasteiger partial charge in [0.05, 0.1) is 24.7 Å². The van der Waals surface area contributed by atoms with E-state index in [1.165, 1.54) is 4.90 Å². The van der Waals surface area contributed by atoms with Gasteiger partial charge in [0, 0.05) is 37.6 Å². The molecule has 1 spiro atoms. The van der Waals surface area contributed by atoms with Crippen LogP contribution < -0.4 is 9.80 Å². The molecule has 5 atom stereocenters. The number of anilines is 2. The summed E-state index contributed by atoms with van der Waals surface area (Å²) in [6.07, 6.45) is 7.45. The smallest absolute Gasteiger partial charge is 0.312 e. The largest absolute Gasteiger partial charge is 0.465 e. The molecule has 1 aromatic rings. The van der Waals surface area contributed by atoms with E-state index in [1.54, 1.807) is 11.0 Å². The summed E-state index contributed by atoms with van der Waals surface area (Å²) >= 11 is 0. The van der Waals surface area contributed by atoms with Crippen molar-refractivity contribution in [3.63, 3.8) is 0 Å².